The Morgan fingerprint density at radius 1 is 0.810 bits per heavy atom. The van der Waals surface area contributed by atoms with Crippen LogP contribution in [-0.2, 0) is 0 Å². The maximum Gasteiger partial charge on any atom is -0.0109 e. The van der Waals surface area contributed by atoms with Crippen molar-refractivity contribution in [1.82, 2.24) is 0 Å². The summed E-state index contributed by atoms with van der Waals surface area (Å²) in [6.07, 6.45) is 4.14. The first-order valence-corrected chi connectivity index (χ1v) is 7.17. The zero-order valence-electron chi connectivity index (χ0n) is 12.2. The van der Waals surface area contributed by atoms with Gasteiger partial charge in [-0.15, -0.1) is 0 Å². The summed E-state index contributed by atoms with van der Waals surface area (Å²) in [7, 11) is 0. The van der Waals surface area contributed by atoms with E-state index >= 15 is 0 Å². The van der Waals surface area contributed by atoms with Gasteiger partial charge in [0.25, 0.3) is 0 Å². The fourth-order valence-corrected chi connectivity index (χ4v) is 2.71. The highest BCUT2D eigenvalue weighted by Gasteiger charge is 2.03. The SMILES string of the molecule is C=Cc1ccccc1/C=C(\C)c1cccc2ccccc12. The molecule has 102 valence electrons. The molecule has 0 saturated heterocycles. The van der Waals surface area contributed by atoms with E-state index in [9.17, 15) is 0 Å². The molecule has 3 aromatic rings. The summed E-state index contributed by atoms with van der Waals surface area (Å²) in [5.41, 5.74) is 4.92. The molecule has 3 aromatic carbocycles. The van der Waals surface area contributed by atoms with Gasteiger partial charge in [-0.3, -0.25) is 0 Å². The van der Waals surface area contributed by atoms with E-state index in [0.29, 0.717) is 0 Å². The van der Waals surface area contributed by atoms with Crippen molar-refractivity contribution in [2.24, 2.45) is 0 Å². The molecule has 0 saturated carbocycles. The molecular formula is C21H18. The molecule has 0 aliphatic carbocycles. The van der Waals surface area contributed by atoms with Crippen molar-refractivity contribution >= 4 is 28.5 Å². The maximum absolute atomic E-state index is 3.89. The zero-order valence-corrected chi connectivity index (χ0v) is 12.2. The molecule has 0 heterocycles. The van der Waals surface area contributed by atoms with Gasteiger partial charge in [-0.05, 0) is 40.0 Å². The van der Waals surface area contributed by atoms with Crippen molar-refractivity contribution in [3.8, 4) is 0 Å². The van der Waals surface area contributed by atoms with E-state index in [1.54, 1.807) is 0 Å². The molecule has 0 amide bonds. The second-order valence-electron chi connectivity index (χ2n) is 5.19. The lowest BCUT2D eigenvalue weighted by molar-refractivity contribution is 1.59. The molecule has 0 aromatic heterocycles. The van der Waals surface area contributed by atoms with Gasteiger partial charge in [0.15, 0.2) is 0 Å². The number of hydrogen-bond acceptors (Lipinski definition) is 0. The van der Waals surface area contributed by atoms with Gasteiger partial charge in [0.05, 0.1) is 0 Å². The standard InChI is InChI=1S/C21H18/c1-3-17-9-4-5-11-19(17)15-16(2)20-14-8-12-18-10-6-7-13-21(18)20/h3-15H,1H2,2H3/b16-15+. The van der Waals surface area contributed by atoms with Crippen molar-refractivity contribution in [2.45, 2.75) is 6.92 Å². The average molecular weight is 270 g/mol. The molecule has 0 unspecified atom stereocenters. The van der Waals surface area contributed by atoms with E-state index in [4.69, 9.17) is 0 Å². The van der Waals surface area contributed by atoms with Gasteiger partial charge in [0.1, 0.15) is 0 Å². The van der Waals surface area contributed by atoms with Crippen molar-refractivity contribution in [2.75, 3.05) is 0 Å². The topological polar surface area (TPSA) is 0 Å². The van der Waals surface area contributed by atoms with E-state index < -0.39 is 0 Å². The molecular weight excluding hydrogens is 252 g/mol. The Hall–Kier alpha value is -2.60. The van der Waals surface area contributed by atoms with Crippen LogP contribution in [0, 0.1) is 0 Å². The minimum atomic E-state index is 1.16. The van der Waals surface area contributed by atoms with Crippen molar-refractivity contribution in [3.63, 3.8) is 0 Å². The Morgan fingerprint density at radius 3 is 2.29 bits per heavy atom. The van der Waals surface area contributed by atoms with E-state index in [-0.39, 0.29) is 0 Å². The summed E-state index contributed by atoms with van der Waals surface area (Å²) in [6, 6.07) is 23.3. The predicted octanol–water partition coefficient (Wildman–Crippen LogP) is 6.04. The lowest BCUT2D eigenvalue weighted by Gasteiger charge is -2.08. The number of rotatable bonds is 3. The first kappa shape index (κ1) is 13.4. The third-order valence-electron chi connectivity index (χ3n) is 3.80. The fourth-order valence-electron chi connectivity index (χ4n) is 2.71. The molecule has 0 radical (unpaired) electrons. The third-order valence-corrected chi connectivity index (χ3v) is 3.80. The highest BCUT2D eigenvalue weighted by atomic mass is 14.1. The highest BCUT2D eigenvalue weighted by molar-refractivity contribution is 5.97. The minimum absolute atomic E-state index is 1.16. The van der Waals surface area contributed by atoms with Crippen LogP contribution in [0.5, 0.6) is 0 Å². The average Bonchev–Trinajstić information content (AvgIpc) is 2.54. The van der Waals surface area contributed by atoms with Gasteiger partial charge < -0.3 is 0 Å². The first-order valence-electron chi connectivity index (χ1n) is 7.17. The number of fused-ring (bicyclic) bond motifs is 1. The molecule has 0 aliphatic heterocycles. The molecule has 0 N–H and O–H groups in total. The summed E-state index contributed by atoms with van der Waals surface area (Å²) in [4.78, 5) is 0. The Bertz CT molecular complexity index is 817. The van der Waals surface area contributed by atoms with E-state index in [1.807, 2.05) is 12.1 Å². The van der Waals surface area contributed by atoms with Crippen molar-refractivity contribution < 1.29 is 0 Å². The molecule has 0 atom stereocenters. The summed E-state index contributed by atoms with van der Waals surface area (Å²) in [5.74, 6) is 0. The number of hydrogen-bond donors (Lipinski definition) is 0. The van der Waals surface area contributed by atoms with Gasteiger partial charge in [-0.1, -0.05) is 85.5 Å². The van der Waals surface area contributed by atoms with Crippen LogP contribution in [0.4, 0.5) is 0 Å². The molecule has 0 spiro atoms. The summed E-state index contributed by atoms with van der Waals surface area (Å²) >= 11 is 0. The second-order valence-corrected chi connectivity index (χ2v) is 5.19. The van der Waals surface area contributed by atoms with Gasteiger partial charge in [0.2, 0.25) is 0 Å². The highest BCUT2D eigenvalue weighted by Crippen LogP contribution is 2.27. The quantitative estimate of drug-likeness (QED) is 0.509. The molecule has 0 nitrogen and oxygen atoms in total. The maximum atomic E-state index is 3.89. The third kappa shape index (κ3) is 2.66. The van der Waals surface area contributed by atoms with E-state index in [0.717, 1.165) is 5.56 Å². The van der Waals surface area contributed by atoms with Crippen LogP contribution in [0.15, 0.2) is 73.3 Å². The largest absolute Gasteiger partial charge is 0.0984 e. The molecule has 3 rings (SSSR count). The zero-order chi connectivity index (χ0) is 14.7. The van der Waals surface area contributed by atoms with Gasteiger partial charge in [-0.2, -0.15) is 0 Å². The molecule has 0 fully saturated rings. The van der Waals surface area contributed by atoms with Crippen LogP contribution < -0.4 is 0 Å². The molecule has 0 bridgehead atoms. The number of benzene rings is 3. The summed E-state index contributed by atoms with van der Waals surface area (Å²) < 4.78 is 0. The van der Waals surface area contributed by atoms with Crippen LogP contribution in [0.1, 0.15) is 23.6 Å². The molecule has 21 heavy (non-hydrogen) atoms. The summed E-state index contributed by atoms with van der Waals surface area (Å²) in [6.45, 7) is 6.06. The Balaban J connectivity index is 2.14. The van der Waals surface area contributed by atoms with Crippen LogP contribution in [0.3, 0.4) is 0 Å². The van der Waals surface area contributed by atoms with Gasteiger partial charge >= 0.3 is 0 Å². The predicted molar refractivity (Wildman–Crippen MR) is 94.0 cm³/mol. The van der Waals surface area contributed by atoms with Crippen molar-refractivity contribution in [1.29, 1.82) is 0 Å². The van der Waals surface area contributed by atoms with Crippen LogP contribution >= 0.6 is 0 Å². The second kappa shape index (κ2) is 5.80. The van der Waals surface area contributed by atoms with E-state index in [2.05, 4.69) is 80.2 Å². The minimum Gasteiger partial charge on any atom is -0.0984 e. The Labute approximate surface area is 126 Å². The monoisotopic (exact) mass is 270 g/mol. The normalized spacial score (nSPS) is 11.6. The van der Waals surface area contributed by atoms with Crippen LogP contribution in [0.25, 0.3) is 28.5 Å². The fraction of sp³-hybridized carbons (Fsp3) is 0.0476. The molecule has 0 aliphatic rings. The summed E-state index contributed by atoms with van der Waals surface area (Å²) in [5, 5.41) is 2.57. The van der Waals surface area contributed by atoms with E-state index in [1.165, 1.54) is 27.5 Å². The first-order chi connectivity index (χ1) is 10.3. The molecule has 0 heteroatoms. The smallest absolute Gasteiger partial charge is 0.0109 e. The van der Waals surface area contributed by atoms with Gasteiger partial charge in [0, 0.05) is 0 Å². The lowest BCUT2D eigenvalue weighted by Crippen LogP contribution is -1.85. The Morgan fingerprint density at radius 2 is 1.48 bits per heavy atom. The van der Waals surface area contributed by atoms with Crippen LogP contribution in [0.2, 0.25) is 0 Å². The van der Waals surface area contributed by atoms with Crippen molar-refractivity contribution in [3.05, 3.63) is 90.0 Å². The van der Waals surface area contributed by atoms with Crippen LogP contribution in [-0.4, -0.2) is 0 Å². The lowest BCUT2D eigenvalue weighted by atomic mass is 9.96. The van der Waals surface area contributed by atoms with Gasteiger partial charge in [-0.25, -0.2) is 0 Å². The number of allylic oxidation sites excluding steroid dienone is 1. The Kier molecular flexibility index (Phi) is 3.70.